The molecule has 1 aromatic heterocycles. The number of nitrogens with zero attached hydrogens (tertiary/aromatic N) is 2. The number of likely N-dealkylation sites (tertiary alicyclic amines) is 1. The lowest BCUT2D eigenvalue weighted by Crippen LogP contribution is -2.59. The quantitative estimate of drug-likeness (QED) is 0.815. The smallest absolute Gasteiger partial charge is 0.325 e. The third kappa shape index (κ3) is 3.20. The molecular weight excluding hydrogens is 320 g/mol. The first-order chi connectivity index (χ1) is 11.9. The molecule has 2 N–H and O–H groups in total. The van der Waals surface area contributed by atoms with Crippen LogP contribution in [0, 0.1) is 16.7 Å². The number of H-pyrrole nitrogens is 2. The molecule has 0 radical (unpaired) electrons. The second kappa shape index (κ2) is 6.07. The summed E-state index contributed by atoms with van der Waals surface area (Å²) in [6.45, 7) is 12.3. The van der Waals surface area contributed by atoms with Crippen LogP contribution in [0.4, 0.5) is 0 Å². The number of rotatable bonds is 4. The lowest BCUT2D eigenvalue weighted by molar-refractivity contribution is -0.0966. The second-order valence-corrected chi connectivity index (χ2v) is 8.75. The molecule has 1 aromatic rings. The van der Waals surface area contributed by atoms with Gasteiger partial charge in [-0.3, -0.25) is 19.6 Å². The average Bonchev–Trinajstić information content (AvgIpc) is 2.81. The van der Waals surface area contributed by atoms with Gasteiger partial charge in [0.15, 0.2) is 0 Å². The van der Waals surface area contributed by atoms with Crippen LogP contribution in [0.2, 0.25) is 0 Å². The first-order valence-corrected chi connectivity index (χ1v) is 9.21. The van der Waals surface area contributed by atoms with Crippen LogP contribution < -0.4 is 11.2 Å². The van der Waals surface area contributed by atoms with E-state index in [2.05, 4.69) is 33.6 Å². The van der Waals surface area contributed by atoms with Crippen molar-refractivity contribution < 1.29 is 4.74 Å². The lowest BCUT2D eigenvalue weighted by Gasteiger charge is -2.58. The van der Waals surface area contributed by atoms with E-state index in [4.69, 9.17) is 4.74 Å². The van der Waals surface area contributed by atoms with Gasteiger partial charge in [-0.2, -0.15) is 0 Å². The van der Waals surface area contributed by atoms with Crippen LogP contribution in [0.5, 0.6) is 0 Å². The van der Waals surface area contributed by atoms with Crippen molar-refractivity contribution >= 4 is 0 Å². The summed E-state index contributed by atoms with van der Waals surface area (Å²) in [4.78, 5) is 33.0. The van der Waals surface area contributed by atoms with Crippen molar-refractivity contribution in [3.8, 4) is 0 Å². The van der Waals surface area contributed by atoms with Crippen LogP contribution in [0.15, 0.2) is 15.7 Å². The molecule has 138 valence electrons. The third-order valence-corrected chi connectivity index (χ3v) is 6.32. The second-order valence-electron chi connectivity index (χ2n) is 8.75. The van der Waals surface area contributed by atoms with E-state index in [1.54, 1.807) is 0 Å². The fourth-order valence-corrected chi connectivity index (χ4v) is 5.61. The normalized spacial score (nSPS) is 32.3. The molecule has 0 amide bonds. The van der Waals surface area contributed by atoms with Gasteiger partial charge in [-0.15, -0.1) is 0 Å². The molecule has 0 bridgehead atoms. The molecule has 1 saturated carbocycles. The summed E-state index contributed by atoms with van der Waals surface area (Å²) in [5.74, 6) is 0.663. The van der Waals surface area contributed by atoms with Crippen LogP contribution in [0.3, 0.4) is 0 Å². The maximum atomic E-state index is 11.5. The number of fused-ring (bicyclic) bond motifs is 1. The SMILES string of the molecule is CC1(C)C[C@]2(CN3CCOCC3)CN(Cc3cc(=O)[nH]c(=O)[nH]3)C[C@H]12. The molecule has 1 aliphatic carbocycles. The Bertz CT molecular complexity index is 721. The van der Waals surface area contributed by atoms with Gasteiger partial charge in [0.2, 0.25) is 0 Å². The number of morpholine rings is 1. The van der Waals surface area contributed by atoms with Crippen molar-refractivity contribution in [2.24, 2.45) is 16.7 Å². The Balaban J connectivity index is 1.49. The van der Waals surface area contributed by atoms with Gasteiger partial charge in [0.05, 0.1) is 13.2 Å². The van der Waals surface area contributed by atoms with Crippen LogP contribution in [0.1, 0.15) is 26.0 Å². The van der Waals surface area contributed by atoms with E-state index < -0.39 is 5.69 Å². The fraction of sp³-hybridized carbons (Fsp3) is 0.778. The molecule has 3 aliphatic rings. The molecule has 3 fully saturated rings. The summed E-state index contributed by atoms with van der Waals surface area (Å²) in [5.41, 5.74) is 0.650. The Morgan fingerprint density at radius 2 is 1.96 bits per heavy atom. The van der Waals surface area contributed by atoms with Gasteiger partial charge in [-0.05, 0) is 17.8 Å². The zero-order chi connectivity index (χ0) is 17.7. The fourth-order valence-electron chi connectivity index (χ4n) is 5.61. The largest absolute Gasteiger partial charge is 0.379 e. The number of hydrogen-bond donors (Lipinski definition) is 2. The summed E-state index contributed by atoms with van der Waals surface area (Å²) in [7, 11) is 0. The number of hydrogen-bond acceptors (Lipinski definition) is 5. The van der Waals surface area contributed by atoms with Gasteiger partial charge < -0.3 is 9.72 Å². The number of aromatic amines is 2. The topological polar surface area (TPSA) is 81.4 Å². The Hall–Kier alpha value is -1.44. The molecular formula is C18H28N4O3. The minimum atomic E-state index is -0.423. The van der Waals surface area contributed by atoms with Gasteiger partial charge >= 0.3 is 5.69 Å². The number of ether oxygens (including phenoxy) is 1. The molecule has 2 saturated heterocycles. The molecule has 7 heteroatoms. The number of aromatic nitrogens is 2. The van der Waals surface area contributed by atoms with E-state index in [0.29, 0.717) is 29.0 Å². The van der Waals surface area contributed by atoms with Crippen molar-refractivity contribution in [3.63, 3.8) is 0 Å². The van der Waals surface area contributed by atoms with Gasteiger partial charge in [-0.25, -0.2) is 4.79 Å². The lowest BCUT2D eigenvalue weighted by atomic mass is 9.48. The van der Waals surface area contributed by atoms with Crippen LogP contribution in [-0.2, 0) is 11.3 Å². The summed E-state index contributed by atoms with van der Waals surface area (Å²) in [5, 5.41) is 0. The van der Waals surface area contributed by atoms with Crippen LogP contribution in [0.25, 0.3) is 0 Å². The molecule has 2 aliphatic heterocycles. The first-order valence-electron chi connectivity index (χ1n) is 9.21. The highest BCUT2D eigenvalue weighted by Crippen LogP contribution is 2.63. The minimum absolute atomic E-state index is 0.329. The van der Waals surface area contributed by atoms with Crippen molar-refractivity contribution in [1.82, 2.24) is 19.8 Å². The maximum absolute atomic E-state index is 11.5. The Labute approximate surface area is 147 Å². The predicted molar refractivity (Wildman–Crippen MR) is 94.5 cm³/mol. The summed E-state index contributed by atoms with van der Waals surface area (Å²) >= 11 is 0. The number of nitrogens with one attached hydrogen (secondary N) is 2. The van der Waals surface area contributed by atoms with E-state index in [0.717, 1.165) is 45.9 Å². The Morgan fingerprint density at radius 3 is 2.64 bits per heavy atom. The average molecular weight is 348 g/mol. The Kier molecular flexibility index (Phi) is 4.13. The maximum Gasteiger partial charge on any atom is 0.325 e. The van der Waals surface area contributed by atoms with Gasteiger partial charge in [-0.1, -0.05) is 13.8 Å². The highest BCUT2D eigenvalue weighted by Gasteiger charge is 2.62. The van der Waals surface area contributed by atoms with Crippen LogP contribution >= 0.6 is 0 Å². The molecule has 7 nitrogen and oxygen atoms in total. The molecule has 3 heterocycles. The molecule has 0 spiro atoms. The van der Waals surface area contributed by atoms with E-state index in [-0.39, 0.29) is 5.56 Å². The summed E-state index contributed by atoms with van der Waals surface area (Å²) < 4.78 is 5.49. The highest BCUT2D eigenvalue weighted by molar-refractivity contribution is 5.14. The summed E-state index contributed by atoms with van der Waals surface area (Å²) in [6, 6.07) is 1.50. The van der Waals surface area contributed by atoms with Gasteiger partial charge in [0.25, 0.3) is 5.56 Å². The van der Waals surface area contributed by atoms with Crippen LogP contribution in [-0.4, -0.2) is 65.7 Å². The van der Waals surface area contributed by atoms with E-state index in [9.17, 15) is 9.59 Å². The van der Waals surface area contributed by atoms with Crippen molar-refractivity contribution in [2.45, 2.75) is 26.8 Å². The van der Waals surface area contributed by atoms with Gasteiger partial charge in [0, 0.05) is 56.4 Å². The zero-order valence-corrected chi connectivity index (χ0v) is 15.1. The predicted octanol–water partition coefficient (Wildman–Crippen LogP) is 0.244. The first kappa shape index (κ1) is 17.0. The highest BCUT2D eigenvalue weighted by atomic mass is 16.5. The molecule has 2 atom stereocenters. The van der Waals surface area contributed by atoms with Crippen molar-refractivity contribution in [2.75, 3.05) is 45.9 Å². The third-order valence-electron chi connectivity index (χ3n) is 6.32. The molecule has 4 rings (SSSR count). The van der Waals surface area contributed by atoms with E-state index in [1.807, 2.05) is 0 Å². The zero-order valence-electron chi connectivity index (χ0n) is 15.1. The van der Waals surface area contributed by atoms with E-state index in [1.165, 1.54) is 12.5 Å². The Morgan fingerprint density at radius 1 is 1.20 bits per heavy atom. The minimum Gasteiger partial charge on any atom is -0.379 e. The molecule has 0 aromatic carbocycles. The van der Waals surface area contributed by atoms with Gasteiger partial charge in [0.1, 0.15) is 0 Å². The summed E-state index contributed by atoms with van der Waals surface area (Å²) in [6.07, 6.45) is 1.24. The molecule has 25 heavy (non-hydrogen) atoms. The monoisotopic (exact) mass is 348 g/mol. The molecule has 0 unspecified atom stereocenters. The van der Waals surface area contributed by atoms with E-state index >= 15 is 0 Å². The van der Waals surface area contributed by atoms with Crippen molar-refractivity contribution in [3.05, 3.63) is 32.6 Å². The standard InChI is InChI=1S/C18H28N4O3/c1-17(2)10-18(11-21-3-5-25-6-4-21)12-22(9-14(17)18)8-13-7-15(23)20-16(24)19-13/h7,14H,3-6,8-12H2,1-2H3,(H2,19,20,23,24)/t14-,18+/m1/s1. The van der Waals surface area contributed by atoms with Crippen molar-refractivity contribution in [1.29, 1.82) is 0 Å².